The molecule has 2 aromatic rings. The Bertz CT molecular complexity index is 511. The minimum absolute atomic E-state index is 0.379. The fraction of sp³-hybridized carbons (Fsp3) is 0.368. The highest BCUT2D eigenvalue weighted by molar-refractivity contribution is 5.63. The van der Waals surface area contributed by atoms with Crippen LogP contribution in [0.1, 0.15) is 32.8 Å². The Balaban J connectivity index is 1.92. The van der Waals surface area contributed by atoms with Gasteiger partial charge in [0.05, 0.1) is 0 Å². The van der Waals surface area contributed by atoms with E-state index < -0.39 is 0 Å². The quantitative estimate of drug-likeness (QED) is 0.786. The molecular formula is C19H25N. The van der Waals surface area contributed by atoms with Crippen LogP contribution in [0.3, 0.4) is 0 Å². The molecule has 0 aromatic heterocycles. The highest BCUT2D eigenvalue weighted by Gasteiger charge is 2.13. The van der Waals surface area contributed by atoms with E-state index in [0.717, 1.165) is 13.1 Å². The maximum atomic E-state index is 3.55. The summed E-state index contributed by atoms with van der Waals surface area (Å²) in [4.78, 5) is 0. The lowest BCUT2D eigenvalue weighted by Crippen LogP contribution is -2.28. The van der Waals surface area contributed by atoms with Gasteiger partial charge in [0.15, 0.2) is 0 Å². The molecule has 20 heavy (non-hydrogen) atoms. The lowest BCUT2D eigenvalue weighted by molar-refractivity contribution is 0.327. The second-order valence-corrected chi connectivity index (χ2v) is 6.18. The summed E-state index contributed by atoms with van der Waals surface area (Å²) in [7, 11) is 0. The molecule has 2 rings (SSSR count). The van der Waals surface area contributed by atoms with Crippen molar-refractivity contribution >= 4 is 0 Å². The summed E-state index contributed by atoms with van der Waals surface area (Å²) >= 11 is 0. The minimum Gasteiger partial charge on any atom is -0.312 e. The topological polar surface area (TPSA) is 12.0 Å². The fourth-order valence-electron chi connectivity index (χ4n) is 2.12. The van der Waals surface area contributed by atoms with Crippen molar-refractivity contribution < 1.29 is 0 Å². The van der Waals surface area contributed by atoms with Gasteiger partial charge in [-0.1, -0.05) is 75.4 Å². The van der Waals surface area contributed by atoms with Gasteiger partial charge >= 0.3 is 0 Å². The van der Waals surface area contributed by atoms with Crippen LogP contribution in [0.5, 0.6) is 0 Å². The van der Waals surface area contributed by atoms with Gasteiger partial charge < -0.3 is 5.32 Å². The third-order valence-electron chi connectivity index (χ3n) is 3.95. The summed E-state index contributed by atoms with van der Waals surface area (Å²) in [5.41, 5.74) is 4.28. The molecule has 106 valence electrons. The predicted molar refractivity (Wildman–Crippen MR) is 87.7 cm³/mol. The Morgan fingerprint density at radius 2 is 1.45 bits per heavy atom. The van der Waals surface area contributed by atoms with Gasteiger partial charge in [0.1, 0.15) is 0 Å². The van der Waals surface area contributed by atoms with Crippen molar-refractivity contribution in [1.29, 1.82) is 0 Å². The molecule has 0 saturated carbocycles. The minimum atomic E-state index is 0.379. The first-order valence-electron chi connectivity index (χ1n) is 7.46. The second kappa shape index (κ2) is 6.71. The van der Waals surface area contributed by atoms with Gasteiger partial charge in [-0.2, -0.15) is 0 Å². The largest absolute Gasteiger partial charge is 0.312 e. The van der Waals surface area contributed by atoms with E-state index in [0.29, 0.717) is 5.41 Å². The molecule has 0 spiro atoms. The number of nitrogens with one attached hydrogen (secondary N) is 1. The number of benzene rings is 2. The van der Waals surface area contributed by atoms with Crippen LogP contribution in [0.25, 0.3) is 11.1 Å². The molecule has 0 aliphatic heterocycles. The molecule has 1 heteroatoms. The summed E-state index contributed by atoms with van der Waals surface area (Å²) in [5, 5.41) is 3.55. The smallest absolute Gasteiger partial charge is 0.0205 e. The Labute approximate surface area is 123 Å². The third-order valence-corrected chi connectivity index (χ3v) is 3.95. The first-order chi connectivity index (χ1) is 9.61. The molecule has 0 bridgehead atoms. The molecule has 0 aliphatic rings. The van der Waals surface area contributed by atoms with Crippen LogP contribution in [0, 0.1) is 5.41 Å². The van der Waals surface area contributed by atoms with E-state index in [1.165, 1.54) is 23.1 Å². The summed E-state index contributed by atoms with van der Waals surface area (Å²) in [6.07, 6.45) is 1.20. The van der Waals surface area contributed by atoms with Crippen molar-refractivity contribution in [3.63, 3.8) is 0 Å². The van der Waals surface area contributed by atoms with Crippen molar-refractivity contribution in [2.75, 3.05) is 6.54 Å². The van der Waals surface area contributed by atoms with E-state index >= 15 is 0 Å². The monoisotopic (exact) mass is 267 g/mol. The van der Waals surface area contributed by atoms with Crippen molar-refractivity contribution in [2.45, 2.75) is 33.7 Å². The molecule has 0 heterocycles. The van der Waals surface area contributed by atoms with Crippen molar-refractivity contribution in [3.8, 4) is 11.1 Å². The second-order valence-electron chi connectivity index (χ2n) is 6.18. The molecule has 1 nitrogen and oxygen atoms in total. The van der Waals surface area contributed by atoms with Crippen LogP contribution >= 0.6 is 0 Å². The zero-order chi connectivity index (χ0) is 14.4. The van der Waals surface area contributed by atoms with Crippen LogP contribution < -0.4 is 5.32 Å². The Morgan fingerprint density at radius 3 is 2.05 bits per heavy atom. The molecule has 0 radical (unpaired) electrons. The average molecular weight is 267 g/mol. The molecule has 0 aliphatic carbocycles. The molecule has 0 amide bonds. The first-order valence-corrected chi connectivity index (χ1v) is 7.46. The maximum absolute atomic E-state index is 3.55. The Morgan fingerprint density at radius 1 is 0.850 bits per heavy atom. The zero-order valence-electron chi connectivity index (χ0n) is 12.8. The maximum Gasteiger partial charge on any atom is 0.0205 e. The molecule has 0 saturated heterocycles. The highest BCUT2D eigenvalue weighted by atomic mass is 14.9. The third kappa shape index (κ3) is 4.21. The van der Waals surface area contributed by atoms with E-state index in [4.69, 9.17) is 0 Å². The number of hydrogen-bond acceptors (Lipinski definition) is 1. The molecular weight excluding hydrogens is 242 g/mol. The summed E-state index contributed by atoms with van der Waals surface area (Å²) in [5.74, 6) is 0. The lowest BCUT2D eigenvalue weighted by atomic mass is 9.90. The van der Waals surface area contributed by atoms with Crippen LogP contribution in [0.2, 0.25) is 0 Å². The van der Waals surface area contributed by atoms with Crippen LogP contribution in [-0.2, 0) is 6.54 Å². The van der Waals surface area contributed by atoms with Gasteiger partial charge in [0.25, 0.3) is 0 Å². The summed E-state index contributed by atoms with van der Waals surface area (Å²) in [6.45, 7) is 8.86. The molecule has 0 unspecified atom stereocenters. The first kappa shape index (κ1) is 14.8. The van der Waals surface area contributed by atoms with E-state index in [9.17, 15) is 0 Å². The molecule has 0 fully saturated rings. The van der Waals surface area contributed by atoms with Gasteiger partial charge in [0, 0.05) is 13.1 Å². The van der Waals surface area contributed by atoms with Gasteiger partial charge in [-0.3, -0.25) is 0 Å². The SMILES string of the molecule is CCC(C)(C)CNCc1ccc(-c2ccccc2)cc1. The molecule has 1 N–H and O–H groups in total. The van der Waals surface area contributed by atoms with Crippen molar-refractivity contribution in [2.24, 2.45) is 5.41 Å². The lowest BCUT2D eigenvalue weighted by Gasteiger charge is -2.23. The van der Waals surface area contributed by atoms with Crippen molar-refractivity contribution in [1.82, 2.24) is 5.32 Å². The summed E-state index contributed by atoms with van der Waals surface area (Å²) < 4.78 is 0. The Kier molecular flexibility index (Phi) is 4.97. The van der Waals surface area contributed by atoms with E-state index in [1.807, 2.05) is 0 Å². The van der Waals surface area contributed by atoms with Crippen LogP contribution in [0.15, 0.2) is 54.6 Å². The Hall–Kier alpha value is -1.60. The molecule has 2 aromatic carbocycles. The van der Waals surface area contributed by atoms with Gasteiger partial charge in [0.2, 0.25) is 0 Å². The highest BCUT2D eigenvalue weighted by Crippen LogP contribution is 2.20. The fourth-order valence-corrected chi connectivity index (χ4v) is 2.12. The molecule has 0 atom stereocenters. The predicted octanol–water partition coefficient (Wildman–Crippen LogP) is 4.88. The van der Waals surface area contributed by atoms with Gasteiger partial charge in [-0.05, 0) is 28.5 Å². The number of hydrogen-bond donors (Lipinski definition) is 1. The zero-order valence-corrected chi connectivity index (χ0v) is 12.8. The van der Waals surface area contributed by atoms with E-state index in [-0.39, 0.29) is 0 Å². The van der Waals surface area contributed by atoms with Crippen LogP contribution in [0.4, 0.5) is 0 Å². The normalized spacial score (nSPS) is 11.6. The standard InChI is InChI=1S/C19H25N/c1-4-19(2,3)15-20-14-16-10-12-18(13-11-16)17-8-6-5-7-9-17/h5-13,20H,4,14-15H2,1-3H3. The van der Waals surface area contributed by atoms with E-state index in [2.05, 4.69) is 80.7 Å². The van der Waals surface area contributed by atoms with Crippen molar-refractivity contribution in [3.05, 3.63) is 60.2 Å². The number of rotatable bonds is 6. The van der Waals surface area contributed by atoms with Crippen LogP contribution in [-0.4, -0.2) is 6.54 Å². The summed E-state index contributed by atoms with van der Waals surface area (Å²) in [6, 6.07) is 19.4. The van der Waals surface area contributed by atoms with Gasteiger partial charge in [-0.15, -0.1) is 0 Å². The average Bonchev–Trinajstić information content (AvgIpc) is 2.49. The van der Waals surface area contributed by atoms with Gasteiger partial charge in [-0.25, -0.2) is 0 Å². The van der Waals surface area contributed by atoms with E-state index in [1.54, 1.807) is 0 Å².